The van der Waals surface area contributed by atoms with Gasteiger partial charge in [-0.05, 0) is 29.8 Å². The molecule has 0 fully saturated rings. The largest absolute Gasteiger partial charge is 0.508 e. The third-order valence-electron chi connectivity index (χ3n) is 3.05. The molecule has 6 heteroatoms. The normalized spacial score (nSPS) is 10.5. The Balaban J connectivity index is 1.86. The zero-order chi connectivity index (χ0) is 14.7. The van der Waals surface area contributed by atoms with Crippen LogP contribution in [0.15, 0.2) is 55.1 Å². The van der Waals surface area contributed by atoms with Gasteiger partial charge in [-0.15, -0.1) is 0 Å². The highest BCUT2D eigenvalue weighted by Gasteiger charge is 2.09. The van der Waals surface area contributed by atoms with Crippen LogP contribution >= 0.6 is 11.6 Å². The fraction of sp³-hybridized carbons (Fsp3) is 0.0667. The summed E-state index contributed by atoms with van der Waals surface area (Å²) in [6.45, 7) is 0.613. The van der Waals surface area contributed by atoms with E-state index in [1.165, 1.54) is 6.33 Å². The van der Waals surface area contributed by atoms with E-state index in [1.54, 1.807) is 23.1 Å². The van der Waals surface area contributed by atoms with Crippen LogP contribution in [0.1, 0.15) is 5.56 Å². The van der Waals surface area contributed by atoms with Gasteiger partial charge in [0.25, 0.3) is 0 Å². The summed E-state index contributed by atoms with van der Waals surface area (Å²) in [5.74, 6) is 0.254. The van der Waals surface area contributed by atoms with E-state index in [4.69, 9.17) is 11.6 Å². The van der Waals surface area contributed by atoms with Crippen LogP contribution in [-0.4, -0.2) is 19.9 Å². The highest BCUT2D eigenvalue weighted by Crippen LogP contribution is 2.28. The van der Waals surface area contributed by atoms with Crippen molar-refractivity contribution in [2.45, 2.75) is 6.54 Å². The Morgan fingerprint density at radius 2 is 1.95 bits per heavy atom. The predicted molar refractivity (Wildman–Crippen MR) is 81.8 cm³/mol. The molecular formula is C15H13ClN4O. The molecule has 0 amide bonds. The maximum atomic E-state index is 9.29. The van der Waals surface area contributed by atoms with Gasteiger partial charge in [0.05, 0.1) is 10.7 Å². The zero-order valence-electron chi connectivity index (χ0n) is 11.1. The standard InChI is InChI=1S/C15H13ClN4O/c16-13-2-1-3-14(15(13)20-10-17-9-19-20)18-8-11-4-6-12(21)7-5-11/h1-7,9-10,18,21H,8H2. The van der Waals surface area contributed by atoms with E-state index in [1.807, 2.05) is 30.3 Å². The van der Waals surface area contributed by atoms with Gasteiger partial charge in [0.2, 0.25) is 0 Å². The van der Waals surface area contributed by atoms with Crippen LogP contribution < -0.4 is 5.32 Å². The average molecular weight is 301 g/mol. The van der Waals surface area contributed by atoms with Crippen molar-refractivity contribution in [2.75, 3.05) is 5.32 Å². The topological polar surface area (TPSA) is 63.0 Å². The first-order chi connectivity index (χ1) is 10.2. The van der Waals surface area contributed by atoms with Gasteiger partial charge in [-0.2, -0.15) is 5.10 Å². The molecule has 0 saturated heterocycles. The van der Waals surface area contributed by atoms with Gasteiger partial charge in [-0.1, -0.05) is 29.8 Å². The summed E-state index contributed by atoms with van der Waals surface area (Å²) < 4.78 is 1.63. The van der Waals surface area contributed by atoms with E-state index in [9.17, 15) is 5.11 Å². The highest BCUT2D eigenvalue weighted by atomic mass is 35.5. The number of benzene rings is 2. The van der Waals surface area contributed by atoms with Crippen molar-refractivity contribution < 1.29 is 5.11 Å². The highest BCUT2D eigenvalue weighted by molar-refractivity contribution is 6.33. The van der Waals surface area contributed by atoms with Gasteiger partial charge < -0.3 is 10.4 Å². The molecule has 0 aliphatic carbocycles. The van der Waals surface area contributed by atoms with Gasteiger partial charge in [0.1, 0.15) is 24.1 Å². The summed E-state index contributed by atoms with van der Waals surface area (Å²) in [7, 11) is 0. The van der Waals surface area contributed by atoms with Crippen LogP contribution in [0.3, 0.4) is 0 Å². The van der Waals surface area contributed by atoms with E-state index >= 15 is 0 Å². The summed E-state index contributed by atoms with van der Waals surface area (Å²) in [5, 5.41) is 17.3. The number of aromatic hydroxyl groups is 1. The fourth-order valence-corrected chi connectivity index (χ4v) is 2.29. The molecule has 2 N–H and O–H groups in total. The molecule has 0 saturated carbocycles. The molecular weight excluding hydrogens is 288 g/mol. The van der Waals surface area contributed by atoms with Crippen molar-refractivity contribution in [3.8, 4) is 11.4 Å². The maximum absolute atomic E-state index is 9.29. The van der Waals surface area contributed by atoms with Crippen molar-refractivity contribution in [1.82, 2.24) is 14.8 Å². The molecule has 21 heavy (non-hydrogen) atoms. The summed E-state index contributed by atoms with van der Waals surface area (Å²) in [4.78, 5) is 3.95. The van der Waals surface area contributed by atoms with E-state index in [0.717, 1.165) is 16.9 Å². The molecule has 3 rings (SSSR count). The van der Waals surface area contributed by atoms with Crippen molar-refractivity contribution in [1.29, 1.82) is 0 Å². The Labute approximate surface area is 126 Å². The quantitative estimate of drug-likeness (QED) is 0.776. The molecule has 5 nitrogen and oxygen atoms in total. The minimum atomic E-state index is 0.254. The third kappa shape index (κ3) is 2.98. The summed E-state index contributed by atoms with van der Waals surface area (Å²) in [6, 6.07) is 12.7. The monoisotopic (exact) mass is 300 g/mol. The second kappa shape index (κ2) is 5.85. The maximum Gasteiger partial charge on any atom is 0.138 e. The second-order valence-electron chi connectivity index (χ2n) is 4.50. The molecule has 0 unspecified atom stereocenters. The van der Waals surface area contributed by atoms with Crippen molar-refractivity contribution in [3.05, 3.63) is 65.7 Å². The Bertz CT molecular complexity index is 726. The molecule has 0 radical (unpaired) electrons. The lowest BCUT2D eigenvalue weighted by Crippen LogP contribution is -2.05. The summed E-state index contributed by atoms with van der Waals surface area (Å²) in [5.41, 5.74) is 2.67. The van der Waals surface area contributed by atoms with E-state index in [0.29, 0.717) is 11.6 Å². The van der Waals surface area contributed by atoms with Crippen LogP contribution in [0, 0.1) is 0 Å². The SMILES string of the molecule is Oc1ccc(CNc2cccc(Cl)c2-n2cncn2)cc1. The Hall–Kier alpha value is -2.53. The Morgan fingerprint density at radius 1 is 1.14 bits per heavy atom. The lowest BCUT2D eigenvalue weighted by Gasteiger charge is -2.13. The van der Waals surface area contributed by atoms with E-state index in [2.05, 4.69) is 15.4 Å². The molecule has 106 valence electrons. The number of nitrogens with zero attached hydrogens (tertiary/aromatic N) is 3. The lowest BCUT2D eigenvalue weighted by atomic mass is 10.2. The van der Waals surface area contributed by atoms with E-state index in [-0.39, 0.29) is 5.75 Å². The summed E-state index contributed by atoms with van der Waals surface area (Å²) in [6.07, 6.45) is 3.07. The van der Waals surface area contributed by atoms with Crippen molar-refractivity contribution in [3.63, 3.8) is 0 Å². The lowest BCUT2D eigenvalue weighted by molar-refractivity contribution is 0.475. The molecule has 0 aliphatic heterocycles. The van der Waals surface area contributed by atoms with Gasteiger partial charge in [-0.25, -0.2) is 9.67 Å². The number of halogens is 1. The van der Waals surface area contributed by atoms with Crippen molar-refractivity contribution >= 4 is 17.3 Å². The molecule has 1 aromatic heterocycles. The minimum Gasteiger partial charge on any atom is -0.508 e. The zero-order valence-corrected chi connectivity index (χ0v) is 11.8. The molecule has 0 bridgehead atoms. The van der Waals surface area contributed by atoms with Crippen LogP contribution in [-0.2, 0) is 6.54 Å². The Kier molecular flexibility index (Phi) is 3.75. The number of phenols is 1. The van der Waals surface area contributed by atoms with Crippen LogP contribution in [0.25, 0.3) is 5.69 Å². The van der Waals surface area contributed by atoms with Gasteiger partial charge in [0.15, 0.2) is 0 Å². The van der Waals surface area contributed by atoms with Gasteiger partial charge >= 0.3 is 0 Å². The molecule has 0 aliphatic rings. The molecule has 3 aromatic rings. The number of para-hydroxylation sites is 1. The molecule has 0 atom stereocenters. The molecule has 1 heterocycles. The molecule has 0 spiro atoms. The smallest absolute Gasteiger partial charge is 0.138 e. The van der Waals surface area contributed by atoms with Crippen molar-refractivity contribution in [2.24, 2.45) is 0 Å². The first-order valence-electron chi connectivity index (χ1n) is 6.39. The van der Waals surface area contributed by atoms with E-state index < -0.39 is 0 Å². The van der Waals surface area contributed by atoms with Crippen LogP contribution in [0.2, 0.25) is 5.02 Å². The summed E-state index contributed by atoms with van der Waals surface area (Å²) >= 11 is 6.26. The van der Waals surface area contributed by atoms with Crippen LogP contribution in [0.5, 0.6) is 5.75 Å². The first kappa shape index (κ1) is 13.5. The van der Waals surface area contributed by atoms with Crippen LogP contribution in [0.4, 0.5) is 5.69 Å². The Morgan fingerprint density at radius 3 is 2.67 bits per heavy atom. The number of hydrogen-bond acceptors (Lipinski definition) is 4. The number of hydrogen-bond donors (Lipinski definition) is 2. The number of aromatic nitrogens is 3. The minimum absolute atomic E-state index is 0.254. The first-order valence-corrected chi connectivity index (χ1v) is 6.77. The number of nitrogens with one attached hydrogen (secondary N) is 1. The number of anilines is 1. The second-order valence-corrected chi connectivity index (χ2v) is 4.90. The average Bonchev–Trinajstić information content (AvgIpc) is 3.00. The third-order valence-corrected chi connectivity index (χ3v) is 3.36. The molecule has 2 aromatic carbocycles. The number of phenolic OH excluding ortho intramolecular Hbond substituents is 1. The predicted octanol–water partition coefficient (Wildman–Crippen LogP) is 3.24. The van der Waals surface area contributed by atoms with Gasteiger partial charge in [0, 0.05) is 6.54 Å². The van der Waals surface area contributed by atoms with Gasteiger partial charge in [-0.3, -0.25) is 0 Å². The fourth-order valence-electron chi connectivity index (χ4n) is 2.03. The number of rotatable bonds is 4.